The van der Waals surface area contributed by atoms with E-state index in [1.165, 1.54) is 10.5 Å². The predicted molar refractivity (Wildman–Crippen MR) is 80.1 cm³/mol. The Labute approximate surface area is 119 Å². The molecule has 1 aromatic rings. The van der Waals surface area contributed by atoms with Crippen molar-refractivity contribution in [3.05, 3.63) is 29.8 Å². The summed E-state index contributed by atoms with van der Waals surface area (Å²) in [7, 11) is 0. The topological polar surface area (TPSA) is 55.1 Å². The maximum atomic E-state index is 12.1. The Balaban J connectivity index is 1.99. The van der Waals surface area contributed by atoms with E-state index in [-0.39, 0.29) is 11.9 Å². The number of benzene rings is 1. The van der Waals surface area contributed by atoms with Gasteiger partial charge in [-0.05, 0) is 30.5 Å². The molecule has 2 rings (SSSR count). The van der Waals surface area contributed by atoms with Gasteiger partial charge >= 0.3 is 0 Å². The van der Waals surface area contributed by atoms with E-state index < -0.39 is 0 Å². The number of nitrogens with two attached hydrogens (primary N) is 1. The van der Waals surface area contributed by atoms with Gasteiger partial charge in [0, 0.05) is 17.1 Å². The Morgan fingerprint density at radius 3 is 3.05 bits per heavy atom. The molecule has 1 aromatic carbocycles. The minimum absolute atomic E-state index is 0.129. The molecule has 0 radical (unpaired) electrons. The number of amides is 1. The van der Waals surface area contributed by atoms with Crippen molar-refractivity contribution < 1.29 is 4.79 Å². The van der Waals surface area contributed by atoms with Crippen molar-refractivity contribution in [2.75, 3.05) is 12.3 Å². The number of thioether (sulfide) groups is 1. The molecule has 4 heteroatoms. The SMILES string of the molecule is CCC(CN)CC(=O)NC1CCSc2ccccc21. The first-order chi connectivity index (χ1) is 9.24. The van der Waals surface area contributed by atoms with Crippen molar-refractivity contribution in [3.63, 3.8) is 0 Å². The minimum Gasteiger partial charge on any atom is -0.349 e. The van der Waals surface area contributed by atoms with Crippen LogP contribution in [0, 0.1) is 5.92 Å². The zero-order valence-corrected chi connectivity index (χ0v) is 12.2. The number of fused-ring (bicyclic) bond motifs is 1. The number of carbonyl (C=O) groups is 1. The summed E-state index contributed by atoms with van der Waals surface area (Å²) in [6.45, 7) is 2.67. The molecule has 3 N–H and O–H groups in total. The second-order valence-corrected chi connectivity index (χ2v) is 6.15. The van der Waals surface area contributed by atoms with Crippen molar-refractivity contribution in [2.45, 2.75) is 37.1 Å². The molecule has 2 atom stereocenters. The van der Waals surface area contributed by atoms with E-state index in [1.54, 1.807) is 0 Å². The zero-order chi connectivity index (χ0) is 13.7. The van der Waals surface area contributed by atoms with Crippen molar-refractivity contribution in [2.24, 2.45) is 11.7 Å². The van der Waals surface area contributed by atoms with Crippen LogP contribution in [0.5, 0.6) is 0 Å². The summed E-state index contributed by atoms with van der Waals surface area (Å²) in [6, 6.07) is 8.51. The first-order valence-corrected chi connectivity index (χ1v) is 7.94. The summed E-state index contributed by atoms with van der Waals surface area (Å²) in [5.41, 5.74) is 6.92. The van der Waals surface area contributed by atoms with Gasteiger partial charge in [-0.1, -0.05) is 31.5 Å². The molecule has 104 valence electrons. The Kier molecular flexibility index (Phi) is 5.28. The van der Waals surface area contributed by atoms with E-state index in [0.717, 1.165) is 18.6 Å². The van der Waals surface area contributed by atoms with E-state index in [1.807, 2.05) is 17.8 Å². The second-order valence-electron chi connectivity index (χ2n) is 5.01. The lowest BCUT2D eigenvalue weighted by molar-refractivity contribution is -0.122. The lowest BCUT2D eigenvalue weighted by atomic mass is 10.00. The number of rotatable bonds is 5. The third kappa shape index (κ3) is 3.74. The molecule has 1 amide bonds. The van der Waals surface area contributed by atoms with Gasteiger partial charge in [0.25, 0.3) is 0 Å². The fourth-order valence-electron chi connectivity index (χ4n) is 2.40. The fourth-order valence-corrected chi connectivity index (χ4v) is 3.53. The molecule has 0 spiro atoms. The molecule has 0 aliphatic carbocycles. The summed E-state index contributed by atoms with van der Waals surface area (Å²) in [5, 5.41) is 3.17. The van der Waals surface area contributed by atoms with Crippen molar-refractivity contribution >= 4 is 17.7 Å². The first kappa shape index (κ1) is 14.4. The van der Waals surface area contributed by atoms with Crippen LogP contribution in [0.25, 0.3) is 0 Å². The van der Waals surface area contributed by atoms with Gasteiger partial charge in [-0.15, -0.1) is 11.8 Å². The largest absolute Gasteiger partial charge is 0.349 e. The zero-order valence-electron chi connectivity index (χ0n) is 11.4. The van der Waals surface area contributed by atoms with Crippen LogP contribution in [-0.4, -0.2) is 18.2 Å². The normalized spacial score (nSPS) is 19.6. The van der Waals surface area contributed by atoms with Crippen LogP contribution in [0.3, 0.4) is 0 Å². The van der Waals surface area contributed by atoms with Crippen LogP contribution in [-0.2, 0) is 4.79 Å². The highest BCUT2D eigenvalue weighted by molar-refractivity contribution is 7.99. The molecule has 0 saturated carbocycles. The van der Waals surface area contributed by atoms with Crippen LogP contribution in [0.4, 0.5) is 0 Å². The molecular formula is C15H22N2OS. The predicted octanol–water partition coefficient (Wildman–Crippen LogP) is 2.71. The fraction of sp³-hybridized carbons (Fsp3) is 0.533. The summed E-state index contributed by atoms with van der Waals surface area (Å²) in [4.78, 5) is 13.4. The Hall–Kier alpha value is -1.00. The molecule has 1 aliphatic rings. The number of hydrogen-bond donors (Lipinski definition) is 2. The maximum absolute atomic E-state index is 12.1. The van der Waals surface area contributed by atoms with Crippen LogP contribution in [0.1, 0.15) is 37.8 Å². The van der Waals surface area contributed by atoms with Gasteiger partial charge in [0.2, 0.25) is 5.91 Å². The Bertz CT molecular complexity index is 432. The van der Waals surface area contributed by atoms with Crippen molar-refractivity contribution in [1.29, 1.82) is 0 Å². The molecule has 0 aromatic heterocycles. The number of nitrogens with one attached hydrogen (secondary N) is 1. The second kappa shape index (κ2) is 6.96. The van der Waals surface area contributed by atoms with Gasteiger partial charge in [-0.25, -0.2) is 0 Å². The molecule has 0 fully saturated rings. The van der Waals surface area contributed by atoms with E-state index in [0.29, 0.717) is 18.9 Å². The van der Waals surface area contributed by atoms with E-state index >= 15 is 0 Å². The first-order valence-electron chi connectivity index (χ1n) is 6.95. The molecule has 19 heavy (non-hydrogen) atoms. The molecular weight excluding hydrogens is 256 g/mol. The molecule has 3 nitrogen and oxygen atoms in total. The minimum atomic E-state index is 0.129. The van der Waals surface area contributed by atoms with Crippen LogP contribution >= 0.6 is 11.8 Å². The van der Waals surface area contributed by atoms with Gasteiger partial charge in [0.1, 0.15) is 0 Å². The lowest BCUT2D eigenvalue weighted by Gasteiger charge is -2.26. The Morgan fingerprint density at radius 1 is 1.53 bits per heavy atom. The van der Waals surface area contributed by atoms with E-state index in [9.17, 15) is 4.79 Å². The van der Waals surface area contributed by atoms with Crippen LogP contribution < -0.4 is 11.1 Å². The van der Waals surface area contributed by atoms with E-state index in [4.69, 9.17) is 5.73 Å². The van der Waals surface area contributed by atoms with Crippen molar-refractivity contribution in [3.8, 4) is 0 Å². The van der Waals surface area contributed by atoms with E-state index in [2.05, 4.69) is 30.4 Å². The molecule has 1 heterocycles. The molecule has 1 aliphatic heterocycles. The Morgan fingerprint density at radius 2 is 2.32 bits per heavy atom. The van der Waals surface area contributed by atoms with Crippen molar-refractivity contribution in [1.82, 2.24) is 5.32 Å². The number of carbonyl (C=O) groups excluding carboxylic acids is 1. The van der Waals surface area contributed by atoms with Gasteiger partial charge in [0.15, 0.2) is 0 Å². The van der Waals surface area contributed by atoms with Gasteiger partial charge in [-0.2, -0.15) is 0 Å². The molecule has 0 bridgehead atoms. The third-order valence-corrected chi connectivity index (χ3v) is 4.80. The highest BCUT2D eigenvalue weighted by Gasteiger charge is 2.22. The lowest BCUT2D eigenvalue weighted by Crippen LogP contribution is -2.33. The summed E-state index contributed by atoms with van der Waals surface area (Å²) in [6.07, 6.45) is 2.51. The monoisotopic (exact) mass is 278 g/mol. The molecule has 0 saturated heterocycles. The number of hydrogen-bond acceptors (Lipinski definition) is 3. The van der Waals surface area contributed by atoms with Crippen LogP contribution in [0.2, 0.25) is 0 Å². The molecule has 2 unspecified atom stereocenters. The van der Waals surface area contributed by atoms with Gasteiger partial charge < -0.3 is 11.1 Å². The summed E-state index contributed by atoms with van der Waals surface area (Å²) in [5.74, 6) is 1.49. The highest BCUT2D eigenvalue weighted by atomic mass is 32.2. The third-order valence-electron chi connectivity index (χ3n) is 3.68. The average molecular weight is 278 g/mol. The smallest absolute Gasteiger partial charge is 0.220 e. The average Bonchev–Trinajstić information content (AvgIpc) is 2.45. The van der Waals surface area contributed by atoms with Gasteiger partial charge in [0.05, 0.1) is 6.04 Å². The highest BCUT2D eigenvalue weighted by Crippen LogP contribution is 2.35. The quantitative estimate of drug-likeness (QED) is 0.870. The summed E-state index contributed by atoms with van der Waals surface area (Å²) < 4.78 is 0. The van der Waals surface area contributed by atoms with Gasteiger partial charge in [-0.3, -0.25) is 4.79 Å². The van der Waals surface area contributed by atoms with Crippen LogP contribution in [0.15, 0.2) is 29.2 Å². The summed E-state index contributed by atoms with van der Waals surface area (Å²) >= 11 is 1.87. The standard InChI is InChI=1S/C15H22N2OS/c1-2-11(10-16)9-15(18)17-13-7-8-19-14-6-4-3-5-12(13)14/h3-6,11,13H,2,7-10,16H2,1H3,(H,17,18). The maximum Gasteiger partial charge on any atom is 0.220 e.